The maximum absolute atomic E-state index is 9.91. The highest BCUT2D eigenvalue weighted by atomic mass is 79.9. The van der Waals surface area contributed by atoms with Crippen molar-refractivity contribution < 1.29 is 10.2 Å². The van der Waals surface area contributed by atoms with Crippen molar-refractivity contribution in [2.75, 3.05) is 13.6 Å². The van der Waals surface area contributed by atoms with Gasteiger partial charge in [-0.3, -0.25) is 0 Å². The summed E-state index contributed by atoms with van der Waals surface area (Å²) >= 11 is 9.16. The Labute approximate surface area is 109 Å². The Bertz CT molecular complexity index is 329. The minimum absolute atomic E-state index is 0.488. The highest BCUT2D eigenvalue weighted by Gasteiger charge is 2.18. The van der Waals surface area contributed by atoms with Crippen LogP contribution in [0.4, 0.5) is 0 Å². The molecule has 1 aromatic rings. The van der Waals surface area contributed by atoms with E-state index in [0.717, 1.165) is 4.47 Å². The van der Waals surface area contributed by atoms with Gasteiger partial charge in [0.25, 0.3) is 0 Å². The van der Waals surface area contributed by atoms with Crippen LogP contribution in [0, 0.1) is 0 Å². The van der Waals surface area contributed by atoms with E-state index in [1.807, 2.05) is 0 Å². The smallest absolute Gasteiger partial charge is 0.105 e. The highest BCUT2D eigenvalue weighted by molar-refractivity contribution is 9.10. The normalized spacial score (nSPS) is 14.8. The Morgan fingerprint density at radius 1 is 1.38 bits per heavy atom. The van der Waals surface area contributed by atoms with Crippen molar-refractivity contribution in [2.24, 2.45) is 0 Å². The predicted octanol–water partition coefficient (Wildman–Crippen LogP) is 2.11. The van der Waals surface area contributed by atoms with E-state index in [4.69, 9.17) is 11.6 Å². The van der Waals surface area contributed by atoms with Crippen LogP contribution in [0.3, 0.4) is 0 Å². The molecule has 2 unspecified atom stereocenters. The van der Waals surface area contributed by atoms with Crippen LogP contribution in [0.5, 0.6) is 0 Å². The Morgan fingerprint density at radius 3 is 2.62 bits per heavy atom. The molecular weight excluding hydrogens is 293 g/mol. The lowest BCUT2D eigenvalue weighted by Crippen LogP contribution is -2.23. The molecule has 90 valence electrons. The summed E-state index contributed by atoms with van der Waals surface area (Å²) in [5.41, 5.74) is 0.614. The van der Waals surface area contributed by atoms with Crippen LogP contribution >= 0.6 is 27.5 Å². The van der Waals surface area contributed by atoms with Crippen LogP contribution in [-0.4, -0.2) is 29.9 Å². The number of benzene rings is 1. The molecule has 0 aliphatic carbocycles. The quantitative estimate of drug-likeness (QED) is 0.781. The summed E-state index contributed by atoms with van der Waals surface area (Å²) < 4.78 is 0.787. The number of aliphatic hydroxyl groups is 2. The first-order valence-corrected chi connectivity index (χ1v) is 6.18. The standard InChI is InChI=1S/C11H15BrClNO2/c1-14-3-2-10(15)11(16)7-4-8(12)6-9(13)5-7/h4-6,10-11,14-16H,2-3H2,1H3. The number of nitrogens with one attached hydrogen (secondary N) is 1. The minimum Gasteiger partial charge on any atom is -0.390 e. The third-order valence-corrected chi connectivity index (χ3v) is 2.96. The molecule has 0 spiro atoms. The summed E-state index contributed by atoms with van der Waals surface area (Å²) in [5.74, 6) is 0. The lowest BCUT2D eigenvalue weighted by molar-refractivity contribution is 0.0140. The first kappa shape index (κ1) is 13.9. The zero-order valence-electron chi connectivity index (χ0n) is 8.95. The monoisotopic (exact) mass is 307 g/mol. The number of halogens is 2. The second kappa shape index (κ2) is 6.57. The number of hydrogen-bond donors (Lipinski definition) is 3. The minimum atomic E-state index is -0.914. The first-order chi connectivity index (χ1) is 7.54. The van der Waals surface area contributed by atoms with E-state index in [1.165, 1.54) is 0 Å². The summed E-state index contributed by atoms with van der Waals surface area (Å²) in [6.45, 7) is 0.653. The average Bonchev–Trinajstić information content (AvgIpc) is 2.23. The van der Waals surface area contributed by atoms with Gasteiger partial charge in [0.1, 0.15) is 6.10 Å². The second-order valence-electron chi connectivity index (χ2n) is 3.61. The van der Waals surface area contributed by atoms with Gasteiger partial charge in [-0.1, -0.05) is 27.5 Å². The van der Waals surface area contributed by atoms with Crippen LogP contribution in [0.15, 0.2) is 22.7 Å². The number of aliphatic hydroxyl groups excluding tert-OH is 2. The van der Waals surface area contributed by atoms with Crippen LogP contribution < -0.4 is 5.32 Å². The van der Waals surface area contributed by atoms with E-state index < -0.39 is 12.2 Å². The molecule has 0 heterocycles. The highest BCUT2D eigenvalue weighted by Crippen LogP contribution is 2.26. The van der Waals surface area contributed by atoms with Gasteiger partial charge in [0.2, 0.25) is 0 Å². The molecule has 0 fully saturated rings. The molecule has 0 radical (unpaired) electrons. The van der Waals surface area contributed by atoms with Crippen molar-refractivity contribution in [1.82, 2.24) is 5.32 Å². The molecule has 3 nitrogen and oxygen atoms in total. The zero-order chi connectivity index (χ0) is 12.1. The van der Waals surface area contributed by atoms with E-state index >= 15 is 0 Å². The molecule has 0 saturated heterocycles. The van der Waals surface area contributed by atoms with E-state index in [1.54, 1.807) is 25.2 Å². The fourth-order valence-corrected chi connectivity index (χ4v) is 2.30. The van der Waals surface area contributed by atoms with Gasteiger partial charge in [0.05, 0.1) is 6.10 Å². The second-order valence-corrected chi connectivity index (χ2v) is 4.96. The molecule has 0 bridgehead atoms. The lowest BCUT2D eigenvalue weighted by atomic mass is 10.0. The number of rotatable bonds is 5. The third kappa shape index (κ3) is 4.03. The number of hydrogen-bond acceptors (Lipinski definition) is 3. The molecular formula is C11H15BrClNO2. The van der Waals surface area contributed by atoms with Gasteiger partial charge in [0, 0.05) is 9.50 Å². The molecule has 0 saturated carbocycles. The van der Waals surface area contributed by atoms with Crippen molar-refractivity contribution in [2.45, 2.75) is 18.6 Å². The molecule has 5 heteroatoms. The molecule has 1 aromatic carbocycles. The van der Waals surface area contributed by atoms with Gasteiger partial charge < -0.3 is 15.5 Å². The molecule has 2 atom stereocenters. The van der Waals surface area contributed by atoms with E-state index in [0.29, 0.717) is 23.6 Å². The van der Waals surface area contributed by atoms with Gasteiger partial charge in [-0.05, 0) is 43.8 Å². The van der Waals surface area contributed by atoms with Crippen LogP contribution in [0.1, 0.15) is 18.1 Å². The summed E-state index contributed by atoms with van der Waals surface area (Å²) in [5, 5.41) is 23.1. The van der Waals surface area contributed by atoms with Gasteiger partial charge in [-0.2, -0.15) is 0 Å². The topological polar surface area (TPSA) is 52.5 Å². The maximum Gasteiger partial charge on any atom is 0.105 e. The Kier molecular flexibility index (Phi) is 5.72. The third-order valence-electron chi connectivity index (χ3n) is 2.28. The van der Waals surface area contributed by atoms with E-state index in [2.05, 4.69) is 21.2 Å². The Morgan fingerprint density at radius 2 is 2.06 bits per heavy atom. The fraction of sp³-hybridized carbons (Fsp3) is 0.455. The van der Waals surface area contributed by atoms with E-state index in [9.17, 15) is 10.2 Å². The Hall–Kier alpha value is -0.130. The summed E-state index contributed by atoms with van der Waals surface area (Å²) in [7, 11) is 1.80. The molecule has 0 aromatic heterocycles. The van der Waals surface area contributed by atoms with Crippen LogP contribution in [0.2, 0.25) is 5.02 Å². The van der Waals surface area contributed by atoms with Gasteiger partial charge in [0.15, 0.2) is 0 Å². The van der Waals surface area contributed by atoms with Gasteiger partial charge in [-0.25, -0.2) is 0 Å². The summed E-state index contributed by atoms with van der Waals surface area (Å²) in [4.78, 5) is 0. The SMILES string of the molecule is CNCCC(O)C(O)c1cc(Cl)cc(Br)c1. The van der Waals surface area contributed by atoms with Crippen molar-refractivity contribution in [3.05, 3.63) is 33.3 Å². The van der Waals surface area contributed by atoms with Gasteiger partial charge in [-0.15, -0.1) is 0 Å². The van der Waals surface area contributed by atoms with Gasteiger partial charge >= 0.3 is 0 Å². The van der Waals surface area contributed by atoms with Crippen molar-refractivity contribution in [1.29, 1.82) is 0 Å². The zero-order valence-corrected chi connectivity index (χ0v) is 11.3. The Balaban J connectivity index is 2.74. The van der Waals surface area contributed by atoms with Crippen LogP contribution in [0.25, 0.3) is 0 Å². The fourth-order valence-electron chi connectivity index (χ4n) is 1.42. The maximum atomic E-state index is 9.91. The van der Waals surface area contributed by atoms with Crippen molar-refractivity contribution in [3.8, 4) is 0 Å². The molecule has 0 amide bonds. The largest absolute Gasteiger partial charge is 0.390 e. The van der Waals surface area contributed by atoms with Crippen LogP contribution in [-0.2, 0) is 0 Å². The molecule has 3 N–H and O–H groups in total. The summed E-state index contributed by atoms with van der Waals surface area (Å²) in [6, 6.07) is 5.14. The average molecular weight is 309 g/mol. The first-order valence-electron chi connectivity index (χ1n) is 5.01. The lowest BCUT2D eigenvalue weighted by Gasteiger charge is -2.18. The summed E-state index contributed by atoms with van der Waals surface area (Å²) in [6.07, 6.45) is -1.22. The van der Waals surface area contributed by atoms with E-state index in [-0.39, 0.29) is 0 Å². The van der Waals surface area contributed by atoms with Crippen molar-refractivity contribution >= 4 is 27.5 Å². The molecule has 1 rings (SSSR count). The molecule has 16 heavy (non-hydrogen) atoms. The molecule has 0 aliphatic heterocycles. The predicted molar refractivity (Wildman–Crippen MR) is 68.7 cm³/mol. The molecule has 0 aliphatic rings. The van der Waals surface area contributed by atoms with Crippen molar-refractivity contribution in [3.63, 3.8) is 0 Å².